The lowest BCUT2D eigenvalue weighted by molar-refractivity contribution is -0.132. The van der Waals surface area contributed by atoms with Gasteiger partial charge in [-0.2, -0.15) is 0 Å². The van der Waals surface area contributed by atoms with Gasteiger partial charge in [0, 0.05) is 32.7 Å². The zero-order valence-corrected chi connectivity index (χ0v) is 13.2. The average molecular weight is 288 g/mol. The maximum Gasteiger partial charge on any atom is 0.222 e. The molecule has 0 aromatic heterocycles. The van der Waals surface area contributed by atoms with E-state index in [1.54, 1.807) is 0 Å². The summed E-state index contributed by atoms with van der Waals surface area (Å²) in [4.78, 5) is 14.0. The van der Waals surface area contributed by atoms with Crippen molar-refractivity contribution in [2.45, 2.75) is 46.0 Å². The van der Waals surface area contributed by atoms with E-state index >= 15 is 0 Å². The predicted octanol–water partition coefficient (Wildman–Crippen LogP) is 1.80. The van der Waals surface area contributed by atoms with E-state index in [4.69, 9.17) is 15.2 Å². The largest absolute Gasteiger partial charge is 0.380 e. The van der Waals surface area contributed by atoms with Gasteiger partial charge in [-0.15, -0.1) is 0 Å². The van der Waals surface area contributed by atoms with E-state index in [0.29, 0.717) is 45.9 Å². The molecule has 0 aliphatic carbocycles. The molecule has 0 fully saturated rings. The molecule has 0 rings (SSSR count). The molecule has 5 nitrogen and oxygen atoms in total. The molecular formula is C15H32N2O3. The fraction of sp³-hybridized carbons (Fsp3) is 0.933. The van der Waals surface area contributed by atoms with Crippen molar-refractivity contribution in [2.24, 2.45) is 5.73 Å². The zero-order valence-electron chi connectivity index (χ0n) is 13.2. The summed E-state index contributed by atoms with van der Waals surface area (Å²) in [7, 11) is 0. The predicted molar refractivity (Wildman–Crippen MR) is 81.7 cm³/mol. The van der Waals surface area contributed by atoms with Crippen LogP contribution in [0.25, 0.3) is 0 Å². The van der Waals surface area contributed by atoms with Gasteiger partial charge in [-0.3, -0.25) is 4.79 Å². The SMILES string of the molecule is CCOCCN(CCOCC)C(=O)CCCCCCN. The number of nitrogens with two attached hydrogens (primary N) is 1. The van der Waals surface area contributed by atoms with Gasteiger partial charge in [0.25, 0.3) is 0 Å². The van der Waals surface area contributed by atoms with E-state index in [1.807, 2.05) is 18.7 Å². The summed E-state index contributed by atoms with van der Waals surface area (Å²) in [6, 6.07) is 0. The van der Waals surface area contributed by atoms with Crippen LogP contribution in [0.1, 0.15) is 46.0 Å². The molecule has 0 aromatic carbocycles. The van der Waals surface area contributed by atoms with E-state index in [1.165, 1.54) is 0 Å². The van der Waals surface area contributed by atoms with Gasteiger partial charge in [0.05, 0.1) is 13.2 Å². The smallest absolute Gasteiger partial charge is 0.222 e. The number of rotatable bonds is 14. The maximum atomic E-state index is 12.2. The third kappa shape index (κ3) is 11.2. The van der Waals surface area contributed by atoms with Gasteiger partial charge in [0.1, 0.15) is 0 Å². The molecule has 0 unspecified atom stereocenters. The average Bonchev–Trinajstić information content (AvgIpc) is 2.45. The number of nitrogens with zero attached hydrogens (tertiary/aromatic N) is 1. The van der Waals surface area contributed by atoms with E-state index in [0.717, 1.165) is 32.2 Å². The quantitative estimate of drug-likeness (QED) is 0.495. The Morgan fingerprint density at radius 2 is 1.50 bits per heavy atom. The van der Waals surface area contributed by atoms with Gasteiger partial charge in [-0.25, -0.2) is 0 Å². The molecule has 0 atom stereocenters. The molecule has 0 saturated heterocycles. The van der Waals surface area contributed by atoms with Crippen LogP contribution in [0.15, 0.2) is 0 Å². The summed E-state index contributed by atoms with van der Waals surface area (Å²) in [5.74, 6) is 0.206. The highest BCUT2D eigenvalue weighted by molar-refractivity contribution is 5.76. The molecule has 0 aliphatic rings. The third-order valence-corrected chi connectivity index (χ3v) is 3.12. The second-order valence-electron chi connectivity index (χ2n) is 4.73. The minimum Gasteiger partial charge on any atom is -0.380 e. The van der Waals surface area contributed by atoms with Crippen molar-refractivity contribution in [3.63, 3.8) is 0 Å². The van der Waals surface area contributed by atoms with Crippen molar-refractivity contribution in [1.82, 2.24) is 4.90 Å². The Labute approximate surface area is 123 Å². The summed E-state index contributed by atoms with van der Waals surface area (Å²) in [6.07, 6.45) is 4.80. The lowest BCUT2D eigenvalue weighted by Crippen LogP contribution is -2.36. The van der Waals surface area contributed by atoms with Crippen molar-refractivity contribution in [3.05, 3.63) is 0 Å². The molecule has 0 aliphatic heterocycles. The van der Waals surface area contributed by atoms with Gasteiger partial charge < -0.3 is 20.1 Å². The highest BCUT2D eigenvalue weighted by Crippen LogP contribution is 2.05. The van der Waals surface area contributed by atoms with Crippen LogP contribution in [0.5, 0.6) is 0 Å². The molecule has 20 heavy (non-hydrogen) atoms. The normalized spacial score (nSPS) is 10.8. The van der Waals surface area contributed by atoms with Crippen LogP contribution < -0.4 is 5.73 Å². The van der Waals surface area contributed by atoms with Crippen LogP contribution in [0, 0.1) is 0 Å². The second-order valence-corrected chi connectivity index (χ2v) is 4.73. The van der Waals surface area contributed by atoms with Gasteiger partial charge in [-0.1, -0.05) is 12.8 Å². The Balaban J connectivity index is 3.91. The molecule has 0 aromatic rings. The Kier molecular flexibility index (Phi) is 14.3. The summed E-state index contributed by atoms with van der Waals surface area (Å²) in [5.41, 5.74) is 5.45. The molecule has 0 heterocycles. The van der Waals surface area contributed by atoms with Crippen LogP contribution in [0.2, 0.25) is 0 Å². The summed E-state index contributed by atoms with van der Waals surface area (Å²) >= 11 is 0. The highest BCUT2D eigenvalue weighted by atomic mass is 16.5. The Bertz CT molecular complexity index is 215. The van der Waals surface area contributed by atoms with Crippen LogP contribution in [0.4, 0.5) is 0 Å². The number of carbonyl (C=O) groups is 1. The number of amides is 1. The van der Waals surface area contributed by atoms with E-state index in [9.17, 15) is 4.79 Å². The van der Waals surface area contributed by atoms with E-state index in [-0.39, 0.29) is 5.91 Å². The standard InChI is InChI=1S/C15H32N2O3/c1-3-19-13-11-17(12-14-20-4-2)15(18)9-7-5-6-8-10-16/h3-14,16H2,1-2H3. The van der Waals surface area contributed by atoms with Gasteiger partial charge in [0.2, 0.25) is 5.91 Å². The van der Waals surface area contributed by atoms with Gasteiger partial charge in [0.15, 0.2) is 0 Å². The van der Waals surface area contributed by atoms with Crippen molar-refractivity contribution in [1.29, 1.82) is 0 Å². The number of carbonyl (C=O) groups excluding carboxylic acids is 1. The number of ether oxygens (including phenoxy) is 2. The number of hydrogen-bond acceptors (Lipinski definition) is 4. The molecule has 0 saturated carbocycles. The summed E-state index contributed by atoms with van der Waals surface area (Å²) in [6.45, 7) is 8.55. The van der Waals surface area contributed by atoms with Crippen LogP contribution in [0.3, 0.4) is 0 Å². The number of hydrogen-bond donors (Lipinski definition) is 1. The molecule has 0 bridgehead atoms. The van der Waals surface area contributed by atoms with Crippen LogP contribution in [-0.2, 0) is 14.3 Å². The zero-order chi connectivity index (χ0) is 15.1. The Morgan fingerprint density at radius 1 is 0.950 bits per heavy atom. The molecular weight excluding hydrogens is 256 g/mol. The molecule has 1 amide bonds. The summed E-state index contributed by atoms with van der Waals surface area (Å²) < 4.78 is 10.7. The Morgan fingerprint density at radius 3 is 2.00 bits per heavy atom. The fourth-order valence-electron chi connectivity index (χ4n) is 1.93. The second kappa shape index (κ2) is 14.8. The minimum atomic E-state index is 0.206. The first-order chi connectivity index (χ1) is 9.76. The van der Waals surface area contributed by atoms with Crippen LogP contribution in [-0.4, -0.2) is 56.9 Å². The van der Waals surface area contributed by atoms with E-state index < -0.39 is 0 Å². The lowest BCUT2D eigenvalue weighted by atomic mass is 10.1. The van der Waals surface area contributed by atoms with E-state index in [2.05, 4.69) is 0 Å². The molecule has 5 heteroatoms. The Hall–Kier alpha value is -0.650. The third-order valence-electron chi connectivity index (χ3n) is 3.12. The number of unbranched alkanes of at least 4 members (excludes halogenated alkanes) is 3. The van der Waals surface area contributed by atoms with Crippen molar-refractivity contribution < 1.29 is 14.3 Å². The topological polar surface area (TPSA) is 64.8 Å². The first-order valence-corrected chi connectivity index (χ1v) is 7.89. The minimum absolute atomic E-state index is 0.206. The molecule has 0 spiro atoms. The van der Waals surface area contributed by atoms with Crippen molar-refractivity contribution in [2.75, 3.05) is 46.1 Å². The van der Waals surface area contributed by atoms with Crippen molar-refractivity contribution in [3.8, 4) is 0 Å². The van der Waals surface area contributed by atoms with Crippen molar-refractivity contribution >= 4 is 5.91 Å². The highest BCUT2D eigenvalue weighted by Gasteiger charge is 2.12. The summed E-state index contributed by atoms with van der Waals surface area (Å²) in [5, 5.41) is 0. The molecule has 2 N–H and O–H groups in total. The van der Waals surface area contributed by atoms with Gasteiger partial charge in [-0.05, 0) is 33.2 Å². The lowest BCUT2D eigenvalue weighted by Gasteiger charge is -2.22. The monoisotopic (exact) mass is 288 g/mol. The first kappa shape index (κ1) is 19.4. The molecule has 120 valence electrons. The maximum absolute atomic E-state index is 12.2. The van der Waals surface area contributed by atoms with Crippen LogP contribution >= 0.6 is 0 Å². The first-order valence-electron chi connectivity index (χ1n) is 7.89. The fourth-order valence-corrected chi connectivity index (χ4v) is 1.93. The van der Waals surface area contributed by atoms with Gasteiger partial charge >= 0.3 is 0 Å². The molecule has 0 radical (unpaired) electrons.